The lowest BCUT2D eigenvalue weighted by atomic mass is 10.3. The van der Waals surface area contributed by atoms with E-state index in [1.54, 1.807) is 73.7 Å². The second kappa shape index (κ2) is 9.80. The maximum Gasteiger partial charge on any atom is 0.295 e. The fourth-order valence-corrected chi connectivity index (χ4v) is 3.50. The number of hydrogen-bond donors (Lipinski definition) is 1. The molecular formula is C20H17Cl2N5O2S. The third-order valence-electron chi connectivity index (χ3n) is 3.67. The first-order valence-corrected chi connectivity index (χ1v) is 10.2. The average Bonchev–Trinajstić information content (AvgIpc) is 2.70. The maximum absolute atomic E-state index is 13.0. The summed E-state index contributed by atoms with van der Waals surface area (Å²) in [7, 11) is 3.51. The summed E-state index contributed by atoms with van der Waals surface area (Å²) in [5.74, 6) is -0.715. The van der Waals surface area contributed by atoms with Crippen LogP contribution in [0.5, 0.6) is 0 Å². The molecule has 30 heavy (non-hydrogen) atoms. The summed E-state index contributed by atoms with van der Waals surface area (Å²) in [6.07, 6.45) is 2.97. The molecule has 0 aliphatic carbocycles. The van der Waals surface area contributed by atoms with Crippen molar-refractivity contribution in [1.29, 1.82) is 0 Å². The Bertz CT molecular complexity index is 1150. The summed E-state index contributed by atoms with van der Waals surface area (Å²) < 4.78 is 1.44. The summed E-state index contributed by atoms with van der Waals surface area (Å²) in [6.45, 7) is 0. The Labute approximate surface area is 187 Å². The molecule has 0 spiro atoms. The zero-order valence-corrected chi connectivity index (χ0v) is 18.4. The Morgan fingerprint density at radius 3 is 2.57 bits per heavy atom. The molecule has 0 fully saturated rings. The first-order chi connectivity index (χ1) is 14.3. The molecule has 1 amide bonds. The van der Waals surface area contributed by atoms with Gasteiger partial charge >= 0.3 is 0 Å². The van der Waals surface area contributed by atoms with Gasteiger partial charge < -0.3 is 4.90 Å². The highest BCUT2D eigenvalue weighted by Gasteiger charge is 2.18. The van der Waals surface area contributed by atoms with E-state index in [4.69, 9.17) is 23.2 Å². The van der Waals surface area contributed by atoms with Gasteiger partial charge in [-0.15, -0.1) is 0 Å². The molecule has 3 aromatic rings. The van der Waals surface area contributed by atoms with Crippen LogP contribution in [0, 0.1) is 0 Å². The van der Waals surface area contributed by atoms with Crippen LogP contribution in [0.3, 0.4) is 0 Å². The fourth-order valence-electron chi connectivity index (χ4n) is 2.33. The van der Waals surface area contributed by atoms with Gasteiger partial charge in [0, 0.05) is 35.2 Å². The molecule has 2 aromatic carbocycles. The van der Waals surface area contributed by atoms with Crippen LogP contribution < -0.4 is 10.9 Å². The van der Waals surface area contributed by atoms with Gasteiger partial charge in [-0.1, -0.05) is 41.0 Å². The molecule has 1 N–H and O–H groups in total. The van der Waals surface area contributed by atoms with Crippen molar-refractivity contribution in [2.24, 2.45) is 5.10 Å². The summed E-state index contributed by atoms with van der Waals surface area (Å²) in [5, 5.41) is 9.10. The lowest BCUT2D eigenvalue weighted by Crippen LogP contribution is -2.30. The van der Waals surface area contributed by atoms with Crippen LogP contribution in [0.15, 0.2) is 74.4 Å². The highest BCUT2D eigenvalue weighted by atomic mass is 35.5. The molecule has 0 radical (unpaired) electrons. The van der Waals surface area contributed by atoms with Crippen LogP contribution in [0.2, 0.25) is 10.0 Å². The molecule has 3 rings (SSSR count). The summed E-state index contributed by atoms with van der Waals surface area (Å²) in [5.41, 5.74) is 2.13. The van der Waals surface area contributed by atoms with Crippen LogP contribution >= 0.6 is 35.0 Å². The van der Waals surface area contributed by atoms with Crippen LogP contribution in [0.1, 0.15) is 10.5 Å². The number of aromatic nitrogens is 2. The van der Waals surface area contributed by atoms with Crippen LogP contribution in [0.4, 0.5) is 0 Å². The van der Waals surface area contributed by atoms with Crippen molar-refractivity contribution in [1.82, 2.24) is 20.1 Å². The predicted octanol–water partition coefficient (Wildman–Crippen LogP) is 3.93. The number of nitrogens with one attached hydrogen (secondary N) is 1. The maximum atomic E-state index is 13.0. The molecule has 0 unspecified atom stereocenters. The molecular weight excluding hydrogens is 445 g/mol. The zero-order valence-electron chi connectivity index (χ0n) is 16.0. The lowest BCUT2D eigenvalue weighted by Gasteiger charge is -2.11. The smallest absolute Gasteiger partial charge is 0.295 e. The number of nitrogens with zero attached hydrogens (tertiary/aromatic N) is 4. The van der Waals surface area contributed by atoms with Crippen LogP contribution in [0.25, 0.3) is 5.69 Å². The van der Waals surface area contributed by atoms with E-state index in [1.165, 1.54) is 22.8 Å². The van der Waals surface area contributed by atoms with Crippen molar-refractivity contribution in [3.8, 4) is 5.69 Å². The summed E-state index contributed by atoms with van der Waals surface area (Å²) in [4.78, 5) is 28.3. The number of amides is 1. The third-order valence-corrected chi connectivity index (χ3v) is 5.18. The zero-order chi connectivity index (χ0) is 21.7. The number of carbonyl (C=O) groups is 1. The van der Waals surface area contributed by atoms with Gasteiger partial charge in [0.25, 0.3) is 5.91 Å². The second-order valence-electron chi connectivity index (χ2n) is 6.30. The summed E-state index contributed by atoms with van der Waals surface area (Å²) >= 11 is 13.2. The van der Waals surface area contributed by atoms with Gasteiger partial charge in [0.05, 0.1) is 10.6 Å². The average molecular weight is 462 g/mol. The molecule has 1 aromatic heterocycles. The number of rotatable bonds is 6. The monoisotopic (exact) mass is 461 g/mol. The molecule has 0 saturated heterocycles. The fraction of sp³-hybridized carbons (Fsp3) is 0.100. The van der Waals surface area contributed by atoms with E-state index >= 15 is 0 Å². The van der Waals surface area contributed by atoms with Crippen LogP contribution in [-0.2, 0) is 0 Å². The minimum Gasteiger partial charge on any atom is -0.367 e. The van der Waals surface area contributed by atoms with E-state index in [1.807, 2.05) is 0 Å². The molecule has 0 aliphatic rings. The van der Waals surface area contributed by atoms with E-state index in [2.05, 4.69) is 15.6 Å². The summed E-state index contributed by atoms with van der Waals surface area (Å²) in [6, 6.07) is 14.0. The normalized spacial score (nSPS) is 10.9. The van der Waals surface area contributed by atoms with Gasteiger partial charge in [-0.3, -0.25) is 9.59 Å². The number of carbonyl (C=O) groups excluding carboxylic acids is 1. The highest BCUT2D eigenvalue weighted by molar-refractivity contribution is 7.99. The van der Waals surface area contributed by atoms with E-state index in [9.17, 15) is 9.59 Å². The molecule has 0 atom stereocenters. The minimum atomic E-state index is -0.715. The van der Waals surface area contributed by atoms with E-state index in [-0.39, 0.29) is 5.69 Å². The number of hydrogen-bond acceptors (Lipinski definition) is 5. The largest absolute Gasteiger partial charge is 0.367 e. The second-order valence-corrected chi connectivity index (χ2v) is 8.29. The van der Waals surface area contributed by atoms with Crippen LogP contribution in [-0.4, -0.2) is 41.0 Å². The van der Waals surface area contributed by atoms with Crippen molar-refractivity contribution in [2.45, 2.75) is 9.79 Å². The Morgan fingerprint density at radius 1 is 1.17 bits per heavy atom. The molecule has 1 heterocycles. The topological polar surface area (TPSA) is 79.6 Å². The molecule has 0 aliphatic heterocycles. The van der Waals surface area contributed by atoms with Crippen molar-refractivity contribution < 1.29 is 4.79 Å². The van der Waals surface area contributed by atoms with E-state index in [0.717, 1.165) is 4.90 Å². The van der Waals surface area contributed by atoms with E-state index < -0.39 is 11.3 Å². The predicted molar refractivity (Wildman–Crippen MR) is 120 cm³/mol. The molecule has 0 bridgehead atoms. The van der Waals surface area contributed by atoms with Crippen molar-refractivity contribution in [3.63, 3.8) is 0 Å². The van der Waals surface area contributed by atoms with Gasteiger partial charge in [0.2, 0.25) is 5.43 Å². The van der Waals surface area contributed by atoms with Gasteiger partial charge in [0.1, 0.15) is 6.34 Å². The molecule has 10 heteroatoms. The first kappa shape index (κ1) is 21.9. The third kappa shape index (κ3) is 5.63. The first-order valence-electron chi connectivity index (χ1n) is 8.67. The van der Waals surface area contributed by atoms with Gasteiger partial charge in [0.15, 0.2) is 5.69 Å². The highest BCUT2D eigenvalue weighted by Crippen LogP contribution is 2.27. The van der Waals surface area contributed by atoms with Gasteiger partial charge in [-0.05, 0) is 42.5 Å². The Balaban J connectivity index is 2.06. The molecule has 7 nitrogen and oxygen atoms in total. The Morgan fingerprint density at radius 2 is 1.90 bits per heavy atom. The van der Waals surface area contributed by atoms with E-state index in [0.29, 0.717) is 20.6 Å². The minimum absolute atomic E-state index is 0.287. The van der Waals surface area contributed by atoms with Gasteiger partial charge in [-0.2, -0.15) is 10.2 Å². The van der Waals surface area contributed by atoms with Crippen molar-refractivity contribution in [2.75, 3.05) is 14.1 Å². The standard InChI is InChI=1S/C20H17Cl2N5O2S/c1-26(2)12-23-24-20(29)18-19(28)17(30-16-8-6-13(21)7-9-16)11-27(25-18)15-5-3-4-14(22)10-15/h3-12H,1-2H3,(H,24,29)/b23-12+. The quantitative estimate of drug-likeness (QED) is 0.341. The number of halogens is 2. The number of benzene rings is 2. The van der Waals surface area contributed by atoms with Crippen molar-refractivity contribution >= 4 is 47.2 Å². The SMILES string of the molecule is CN(C)/C=N/NC(=O)c1nn(-c2cccc(Cl)c2)cc(Sc2ccc(Cl)cc2)c1=O. The van der Waals surface area contributed by atoms with Gasteiger partial charge in [-0.25, -0.2) is 10.1 Å². The Hall–Kier alpha value is -2.81. The van der Waals surface area contributed by atoms with Crippen molar-refractivity contribution in [3.05, 3.63) is 80.7 Å². The molecule has 154 valence electrons. The molecule has 0 saturated carbocycles. The Kier molecular flexibility index (Phi) is 7.15. The lowest BCUT2D eigenvalue weighted by molar-refractivity contribution is 0.0946. The number of hydrazone groups is 1.